The van der Waals surface area contributed by atoms with Gasteiger partial charge < -0.3 is 15.1 Å². The van der Waals surface area contributed by atoms with Crippen molar-refractivity contribution in [3.05, 3.63) is 0 Å². The maximum Gasteiger partial charge on any atom is 0.305 e. The maximum atomic E-state index is 11.3. The number of aliphatic hydroxyl groups is 1. The van der Waals surface area contributed by atoms with E-state index in [1.54, 1.807) is 13.8 Å². The topological polar surface area (TPSA) is 77.8 Å². The van der Waals surface area contributed by atoms with E-state index in [1.165, 1.54) is 4.90 Å². The molecule has 0 spiro atoms. The molecule has 2 N–H and O–H groups in total. The van der Waals surface area contributed by atoms with Crippen LogP contribution in [0.3, 0.4) is 0 Å². The summed E-state index contributed by atoms with van der Waals surface area (Å²) in [6, 6.07) is 0. The predicted octanol–water partition coefficient (Wildman–Crippen LogP) is 0.0805. The Morgan fingerprint density at radius 1 is 1.43 bits per heavy atom. The minimum Gasteiger partial charge on any atom is -0.481 e. The summed E-state index contributed by atoms with van der Waals surface area (Å²) in [6.07, 6.45) is -0.385. The van der Waals surface area contributed by atoms with Crippen molar-refractivity contribution in [3.8, 4) is 0 Å². The fourth-order valence-corrected chi connectivity index (χ4v) is 1.09. The van der Waals surface area contributed by atoms with Crippen molar-refractivity contribution in [2.75, 3.05) is 13.1 Å². The van der Waals surface area contributed by atoms with E-state index in [0.29, 0.717) is 6.42 Å². The van der Waals surface area contributed by atoms with Gasteiger partial charge in [-0.1, -0.05) is 6.92 Å². The number of aliphatic hydroxyl groups excluding tert-OH is 1. The van der Waals surface area contributed by atoms with Crippen LogP contribution >= 0.6 is 0 Å². The Hall–Kier alpha value is -1.10. The van der Waals surface area contributed by atoms with Gasteiger partial charge in [-0.15, -0.1) is 0 Å². The number of carbonyl (C=O) groups is 2. The van der Waals surface area contributed by atoms with E-state index in [0.717, 1.165) is 0 Å². The first-order valence-electron chi connectivity index (χ1n) is 4.65. The molecule has 0 aromatic heterocycles. The van der Waals surface area contributed by atoms with Gasteiger partial charge in [-0.05, 0) is 6.92 Å². The molecule has 82 valence electrons. The van der Waals surface area contributed by atoms with Crippen LogP contribution in [0.2, 0.25) is 0 Å². The summed E-state index contributed by atoms with van der Waals surface area (Å²) in [5.74, 6) is -1.07. The molecule has 0 radical (unpaired) electrons. The van der Waals surface area contributed by atoms with Gasteiger partial charge in [0.25, 0.3) is 0 Å². The van der Waals surface area contributed by atoms with Crippen LogP contribution in [0.25, 0.3) is 0 Å². The molecule has 0 aromatic carbocycles. The van der Waals surface area contributed by atoms with Crippen molar-refractivity contribution in [1.29, 1.82) is 0 Å². The normalized spacial score (nSPS) is 12.2. The van der Waals surface area contributed by atoms with Gasteiger partial charge in [0.15, 0.2) is 0 Å². The highest BCUT2D eigenvalue weighted by Crippen LogP contribution is 1.98. The molecule has 0 heterocycles. The average molecular weight is 203 g/mol. The molecule has 5 nitrogen and oxygen atoms in total. The van der Waals surface area contributed by atoms with Crippen LogP contribution < -0.4 is 0 Å². The highest BCUT2D eigenvalue weighted by atomic mass is 16.4. The van der Waals surface area contributed by atoms with E-state index in [9.17, 15) is 9.59 Å². The number of rotatable bonds is 6. The average Bonchev–Trinajstić information content (AvgIpc) is 2.10. The number of carboxylic acids is 1. The molecule has 0 fully saturated rings. The third kappa shape index (κ3) is 5.53. The van der Waals surface area contributed by atoms with Gasteiger partial charge in [-0.25, -0.2) is 0 Å². The highest BCUT2D eigenvalue weighted by Gasteiger charge is 2.14. The third-order valence-electron chi connectivity index (χ3n) is 1.74. The number of aliphatic carboxylic acids is 1. The number of nitrogens with zero attached hydrogens (tertiary/aromatic N) is 1. The quantitative estimate of drug-likeness (QED) is 0.641. The van der Waals surface area contributed by atoms with Crippen LogP contribution in [-0.2, 0) is 9.59 Å². The second kappa shape index (κ2) is 6.37. The zero-order valence-corrected chi connectivity index (χ0v) is 8.56. The monoisotopic (exact) mass is 203 g/mol. The summed E-state index contributed by atoms with van der Waals surface area (Å²) in [5.41, 5.74) is 0. The van der Waals surface area contributed by atoms with Crippen LogP contribution in [0, 0.1) is 0 Å². The van der Waals surface area contributed by atoms with Crippen LogP contribution in [0.5, 0.6) is 0 Å². The first kappa shape index (κ1) is 12.9. The molecule has 0 aliphatic rings. The summed E-state index contributed by atoms with van der Waals surface area (Å²) in [7, 11) is 0. The van der Waals surface area contributed by atoms with E-state index in [2.05, 4.69) is 0 Å². The summed E-state index contributed by atoms with van der Waals surface area (Å²) in [4.78, 5) is 23.0. The summed E-state index contributed by atoms with van der Waals surface area (Å²) in [5, 5.41) is 17.5. The van der Waals surface area contributed by atoms with Crippen LogP contribution in [-0.4, -0.2) is 46.2 Å². The van der Waals surface area contributed by atoms with Gasteiger partial charge in [0.05, 0.1) is 12.5 Å². The molecule has 1 unspecified atom stereocenters. The smallest absolute Gasteiger partial charge is 0.305 e. The Balaban J connectivity index is 4.10. The van der Waals surface area contributed by atoms with Crippen LogP contribution in [0.4, 0.5) is 0 Å². The Morgan fingerprint density at radius 3 is 2.36 bits per heavy atom. The lowest BCUT2D eigenvalue weighted by molar-refractivity contribution is -0.139. The molecule has 0 bridgehead atoms. The number of hydrogen-bond acceptors (Lipinski definition) is 3. The van der Waals surface area contributed by atoms with Crippen molar-refractivity contribution >= 4 is 11.9 Å². The van der Waals surface area contributed by atoms with Crippen LogP contribution in [0.15, 0.2) is 0 Å². The van der Waals surface area contributed by atoms with Gasteiger partial charge in [0.1, 0.15) is 0 Å². The van der Waals surface area contributed by atoms with Gasteiger partial charge in [0, 0.05) is 19.5 Å². The molecule has 0 saturated heterocycles. The first-order chi connectivity index (χ1) is 6.47. The summed E-state index contributed by atoms with van der Waals surface area (Å²) >= 11 is 0. The second-order valence-electron chi connectivity index (χ2n) is 3.19. The predicted molar refractivity (Wildman–Crippen MR) is 50.8 cm³/mol. The zero-order valence-electron chi connectivity index (χ0n) is 8.56. The molecule has 0 aliphatic carbocycles. The SMILES string of the molecule is CCC(=O)N(CCC(=O)O)CC(C)O. The molecule has 0 aliphatic heterocycles. The largest absolute Gasteiger partial charge is 0.481 e. The molecule has 0 saturated carbocycles. The van der Waals surface area contributed by atoms with E-state index < -0.39 is 12.1 Å². The summed E-state index contributed by atoms with van der Waals surface area (Å²) < 4.78 is 0. The Kier molecular flexibility index (Phi) is 5.87. The molecule has 5 heteroatoms. The Labute approximate surface area is 83.3 Å². The molecule has 0 aromatic rings. The Bertz CT molecular complexity index is 203. The van der Waals surface area contributed by atoms with Crippen molar-refractivity contribution < 1.29 is 19.8 Å². The number of carboxylic acid groups (broad SMARTS) is 1. The number of amides is 1. The summed E-state index contributed by atoms with van der Waals surface area (Å²) in [6.45, 7) is 3.63. The third-order valence-corrected chi connectivity index (χ3v) is 1.74. The zero-order chi connectivity index (χ0) is 11.1. The molecule has 14 heavy (non-hydrogen) atoms. The lowest BCUT2D eigenvalue weighted by Gasteiger charge is -2.22. The minimum atomic E-state index is -0.940. The van der Waals surface area contributed by atoms with Gasteiger partial charge in [-0.2, -0.15) is 0 Å². The fraction of sp³-hybridized carbons (Fsp3) is 0.778. The molecule has 1 atom stereocenters. The van der Waals surface area contributed by atoms with E-state index in [-0.39, 0.29) is 25.4 Å². The van der Waals surface area contributed by atoms with E-state index >= 15 is 0 Å². The number of carbonyl (C=O) groups excluding carboxylic acids is 1. The van der Waals surface area contributed by atoms with Gasteiger partial charge >= 0.3 is 5.97 Å². The standard InChI is InChI=1S/C9H17NO4/c1-3-8(12)10(6-7(2)11)5-4-9(13)14/h7,11H,3-6H2,1-2H3,(H,13,14). The second-order valence-corrected chi connectivity index (χ2v) is 3.19. The molecular formula is C9H17NO4. The Morgan fingerprint density at radius 2 is 2.00 bits per heavy atom. The van der Waals surface area contributed by atoms with E-state index in [4.69, 9.17) is 10.2 Å². The lowest BCUT2D eigenvalue weighted by atomic mass is 10.3. The van der Waals surface area contributed by atoms with Crippen LogP contribution in [0.1, 0.15) is 26.7 Å². The fourth-order valence-electron chi connectivity index (χ4n) is 1.09. The van der Waals surface area contributed by atoms with Crippen molar-refractivity contribution in [2.24, 2.45) is 0 Å². The van der Waals surface area contributed by atoms with Gasteiger partial charge in [-0.3, -0.25) is 9.59 Å². The number of hydrogen-bond donors (Lipinski definition) is 2. The minimum absolute atomic E-state index is 0.0849. The maximum absolute atomic E-state index is 11.3. The molecular weight excluding hydrogens is 186 g/mol. The highest BCUT2D eigenvalue weighted by molar-refractivity contribution is 5.76. The van der Waals surface area contributed by atoms with Gasteiger partial charge in [0.2, 0.25) is 5.91 Å². The van der Waals surface area contributed by atoms with Crippen molar-refractivity contribution in [3.63, 3.8) is 0 Å². The van der Waals surface area contributed by atoms with Crippen molar-refractivity contribution in [2.45, 2.75) is 32.8 Å². The van der Waals surface area contributed by atoms with E-state index in [1.807, 2.05) is 0 Å². The first-order valence-corrected chi connectivity index (χ1v) is 4.65. The lowest BCUT2D eigenvalue weighted by Crippen LogP contribution is -2.37. The molecule has 1 amide bonds. The molecule has 0 rings (SSSR count). The van der Waals surface area contributed by atoms with Crippen molar-refractivity contribution in [1.82, 2.24) is 4.90 Å².